The first-order valence-corrected chi connectivity index (χ1v) is 7.52. The molecule has 0 saturated heterocycles. The molecule has 20 heavy (non-hydrogen) atoms. The number of benzene rings is 1. The highest BCUT2D eigenvalue weighted by Crippen LogP contribution is 2.25. The Kier molecular flexibility index (Phi) is 5.15. The normalized spacial score (nSPS) is 12.2. The van der Waals surface area contributed by atoms with Gasteiger partial charge >= 0.3 is 0 Å². The van der Waals surface area contributed by atoms with E-state index in [9.17, 15) is 0 Å². The summed E-state index contributed by atoms with van der Waals surface area (Å²) in [6.45, 7) is 7.19. The molecule has 1 N–H and O–H groups in total. The number of halogens is 1. The summed E-state index contributed by atoms with van der Waals surface area (Å²) in [5, 5.41) is 3.36. The molecule has 1 atom stereocenters. The Balaban J connectivity index is 2.08. The van der Waals surface area contributed by atoms with Crippen LogP contribution < -0.4 is 10.1 Å². The second kappa shape index (κ2) is 6.86. The van der Waals surface area contributed by atoms with Crippen molar-refractivity contribution in [1.29, 1.82) is 0 Å². The monoisotopic (exact) mass is 334 g/mol. The number of ether oxygens (including phenoxy) is 1. The summed E-state index contributed by atoms with van der Waals surface area (Å²) in [6, 6.07) is 10.1. The average Bonchev–Trinajstić information content (AvgIpc) is 2.44. The zero-order chi connectivity index (χ0) is 14.5. The Morgan fingerprint density at radius 2 is 2.10 bits per heavy atom. The SMILES string of the molecule is CCNC(C)c1ccc(Oc2ccc(Br)c(C)c2)nc1. The lowest BCUT2D eigenvalue weighted by Crippen LogP contribution is -2.17. The first-order valence-electron chi connectivity index (χ1n) is 6.73. The molecular formula is C16H19BrN2O. The van der Waals surface area contributed by atoms with Crippen molar-refractivity contribution in [3.05, 3.63) is 52.1 Å². The molecule has 0 bridgehead atoms. The maximum absolute atomic E-state index is 5.76. The predicted octanol–water partition coefficient (Wildman–Crippen LogP) is 4.62. The van der Waals surface area contributed by atoms with Gasteiger partial charge in [0.25, 0.3) is 0 Å². The molecule has 1 aromatic carbocycles. The zero-order valence-electron chi connectivity index (χ0n) is 12.0. The molecule has 0 radical (unpaired) electrons. The molecule has 2 aromatic rings. The number of pyridine rings is 1. The average molecular weight is 335 g/mol. The summed E-state index contributed by atoms with van der Waals surface area (Å²) in [6.07, 6.45) is 1.86. The number of aromatic nitrogens is 1. The Bertz CT molecular complexity index is 569. The lowest BCUT2D eigenvalue weighted by Gasteiger charge is -2.12. The minimum absolute atomic E-state index is 0.302. The fourth-order valence-electron chi connectivity index (χ4n) is 1.93. The van der Waals surface area contributed by atoms with E-state index in [-0.39, 0.29) is 0 Å². The van der Waals surface area contributed by atoms with Gasteiger partial charge in [-0.2, -0.15) is 0 Å². The predicted molar refractivity (Wildman–Crippen MR) is 85.3 cm³/mol. The summed E-state index contributed by atoms with van der Waals surface area (Å²) in [4.78, 5) is 4.36. The molecule has 106 valence electrons. The van der Waals surface area contributed by atoms with E-state index in [1.165, 1.54) is 0 Å². The third-order valence-electron chi connectivity index (χ3n) is 3.12. The van der Waals surface area contributed by atoms with Gasteiger partial charge in [0.1, 0.15) is 5.75 Å². The van der Waals surface area contributed by atoms with Crippen molar-refractivity contribution in [3.8, 4) is 11.6 Å². The van der Waals surface area contributed by atoms with E-state index in [1.54, 1.807) is 0 Å². The van der Waals surface area contributed by atoms with Crippen molar-refractivity contribution in [1.82, 2.24) is 10.3 Å². The fraction of sp³-hybridized carbons (Fsp3) is 0.312. The van der Waals surface area contributed by atoms with Gasteiger partial charge in [0.15, 0.2) is 0 Å². The molecule has 1 unspecified atom stereocenters. The van der Waals surface area contributed by atoms with Gasteiger partial charge < -0.3 is 10.1 Å². The Hall–Kier alpha value is -1.39. The molecule has 0 saturated carbocycles. The Morgan fingerprint density at radius 3 is 2.70 bits per heavy atom. The van der Waals surface area contributed by atoms with E-state index >= 15 is 0 Å². The molecule has 0 spiro atoms. The first kappa shape index (κ1) is 15.0. The number of hydrogen-bond acceptors (Lipinski definition) is 3. The van der Waals surface area contributed by atoms with E-state index in [4.69, 9.17) is 4.74 Å². The Labute approximate surface area is 128 Å². The van der Waals surface area contributed by atoms with Crippen molar-refractivity contribution in [2.75, 3.05) is 6.54 Å². The third-order valence-corrected chi connectivity index (χ3v) is 4.01. The number of nitrogens with zero attached hydrogens (tertiary/aromatic N) is 1. The molecule has 4 heteroatoms. The molecule has 1 heterocycles. The van der Waals surface area contributed by atoms with E-state index < -0.39 is 0 Å². The molecule has 0 aliphatic carbocycles. The van der Waals surface area contributed by atoms with Crippen LogP contribution in [0, 0.1) is 6.92 Å². The maximum atomic E-state index is 5.76. The van der Waals surface area contributed by atoms with Gasteiger partial charge in [-0.15, -0.1) is 0 Å². The van der Waals surface area contributed by atoms with Gasteiger partial charge in [-0.3, -0.25) is 0 Å². The van der Waals surface area contributed by atoms with Gasteiger partial charge in [-0.05, 0) is 49.7 Å². The number of hydrogen-bond donors (Lipinski definition) is 1. The summed E-state index contributed by atoms with van der Waals surface area (Å²) in [5.74, 6) is 1.41. The van der Waals surface area contributed by atoms with Gasteiger partial charge in [0, 0.05) is 22.8 Å². The molecule has 0 amide bonds. The third kappa shape index (κ3) is 3.81. The van der Waals surface area contributed by atoms with Crippen LogP contribution in [-0.2, 0) is 0 Å². The number of nitrogens with one attached hydrogen (secondary N) is 1. The van der Waals surface area contributed by atoms with Crippen molar-refractivity contribution in [3.63, 3.8) is 0 Å². The quantitative estimate of drug-likeness (QED) is 0.866. The highest BCUT2D eigenvalue weighted by atomic mass is 79.9. The second-order valence-corrected chi connectivity index (χ2v) is 5.58. The summed E-state index contributed by atoms with van der Waals surface area (Å²) < 4.78 is 6.83. The summed E-state index contributed by atoms with van der Waals surface area (Å²) in [5.41, 5.74) is 2.30. The van der Waals surface area contributed by atoms with Gasteiger partial charge in [0.05, 0.1) is 0 Å². The molecule has 0 aliphatic heterocycles. The summed E-state index contributed by atoms with van der Waals surface area (Å²) in [7, 11) is 0. The van der Waals surface area contributed by atoms with Crippen LogP contribution in [0.2, 0.25) is 0 Å². The molecule has 2 rings (SSSR count). The standard InChI is InChI=1S/C16H19BrN2O/c1-4-18-12(3)13-5-8-16(19-10-13)20-14-6-7-15(17)11(2)9-14/h5-10,12,18H,4H2,1-3H3. The van der Waals surface area contributed by atoms with Crippen molar-refractivity contribution in [2.45, 2.75) is 26.8 Å². The van der Waals surface area contributed by atoms with Gasteiger partial charge in [-0.25, -0.2) is 4.98 Å². The minimum atomic E-state index is 0.302. The van der Waals surface area contributed by atoms with Gasteiger partial charge in [0.2, 0.25) is 5.88 Å². The molecular weight excluding hydrogens is 316 g/mol. The van der Waals surface area contributed by atoms with Crippen LogP contribution in [0.15, 0.2) is 41.0 Å². The van der Waals surface area contributed by atoms with Crippen molar-refractivity contribution in [2.24, 2.45) is 0 Å². The Morgan fingerprint density at radius 1 is 1.30 bits per heavy atom. The van der Waals surface area contributed by atoms with Crippen LogP contribution in [0.5, 0.6) is 11.6 Å². The fourth-order valence-corrected chi connectivity index (χ4v) is 2.18. The smallest absolute Gasteiger partial charge is 0.219 e. The van der Waals surface area contributed by atoms with Crippen LogP contribution in [0.4, 0.5) is 0 Å². The highest BCUT2D eigenvalue weighted by molar-refractivity contribution is 9.10. The number of rotatable bonds is 5. The van der Waals surface area contributed by atoms with Crippen LogP contribution in [0.25, 0.3) is 0 Å². The van der Waals surface area contributed by atoms with E-state index in [0.717, 1.165) is 27.9 Å². The second-order valence-electron chi connectivity index (χ2n) is 4.72. The largest absolute Gasteiger partial charge is 0.439 e. The van der Waals surface area contributed by atoms with Crippen molar-refractivity contribution >= 4 is 15.9 Å². The van der Waals surface area contributed by atoms with Gasteiger partial charge in [-0.1, -0.05) is 28.9 Å². The minimum Gasteiger partial charge on any atom is -0.439 e. The van der Waals surface area contributed by atoms with Crippen LogP contribution in [0.1, 0.15) is 31.0 Å². The lowest BCUT2D eigenvalue weighted by molar-refractivity contribution is 0.461. The molecule has 0 aliphatic rings. The van der Waals surface area contributed by atoms with Crippen LogP contribution in [-0.4, -0.2) is 11.5 Å². The molecule has 1 aromatic heterocycles. The maximum Gasteiger partial charge on any atom is 0.219 e. The lowest BCUT2D eigenvalue weighted by atomic mass is 10.1. The zero-order valence-corrected chi connectivity index (χ0v) is 13.6. The number of aryl methyl sites for hydroxylation is 1. The topological polar surface area (TPSA) is 34.1 Å². The molecule has 3 nitrogen and oxygen atoms in total. The van der Waals surface area contributed by atoms with Crippen LogP contribution in [0.3, 0.4) is 0 Å². The first-order chi connectivity index (χ1) is 9.60. The van der Waals surface area contributed by atoms with Crippen LogP contribution >= 0.6 is 15.9 Å². The van der Waals surface area contributed by atoms with E-state index in [1.807, 2.05) is 43.5 Å². The molecule has 0 fully saturated rings. The van der Waals surface area contributed by atoms with Crippen molar-refractivity contribution < 1.29 is 4.74 Å². The van der Waals surface area contributed by atoms with E-state index in [0.29, 0.717) is 11.9 Å². The summed E-state index contributed by atoms with van der Waals surface area (Å²) >= 11 is 3.48. The highest BCUT2D eigenvalue weighted by Gasteiger charge is 2.05. The van der Waals surface area contributed by atoms with E-state index in [2.05, 4.69) is 40.1 Å².